The summed E-state index contributed by atoms with van der Waals surface area (Å²) in [5, 5.41) is 9.27. The van der Waals surface area contributed by atoms with Crippen molar-refractivity contribution < 1.29 is 27.4 Å². The Bertz CT molecular complexity index is 935. The zero-order valence-corrected chi connectivity index (χ0v) is 17.7. The van der Waals surface area contributed by atoms with Crippen LogP contribution in [0.15, 0.2) is 42.5 Å². The van der Waals surface area contributed by atoms with Gasteiger partial charge in [-0.05, 0) is 38.5 Å². The molecule has 0 aliphatic heterocycles. The van der Waals surface area contributed by atoms with Crippen molar-refractivity contribution in [2.75, 3.05) is 13.6 Å². The number of hydrogen-bond donors (Lipinski definition) is 0. The van der Waals surface area contributed by atoms with Crippen LogP contribution in [0.25, 0.3) is 0 Å². The Kier molecular flexibility index (Phi) is 7.50. The molecule has 0 saturated carbocycles. The zero-order chi connectivity index (χ0) is 23.2. The second-order valence-corrected chi connectivity index (χ2v) is 7.87. The molecule has 0 radical (unpaired) electrons. The Morgan fingerprint density at radius 2 is 1.81 bits per heavy atom. The molecule has 0 N–H and O–H groups in total. The summed E-state index contributed by atoms with van der Waals surface area (Å²) < 4.78 is 50.3. The van der Waals surface area contributed by atoms with Gasteiger partial charge in [0.25, 0.3) is 0 Å². The van der Waals surface area contributed by atoms with E-state index in [0.717, 1.165) is 12.1 Å². The van der Waals surface area contributed by atoms with E-state index in [0.29, 0.717) is 5.56 Å². The van der Waals surface area contributed by atoms with Gasteiger partial charge in [0.2, 0.25) is 5.88 Å². The lowest BCUT2D eigenvalue weighted by Crippen LogP contribution is -2.35. The van der Waals surface area contributed by atoms with Crippen LogP contribution in [-0.4, -0.2) is 35.2 Å². The summed E-state index contributed by atoms with van der Waals surface area (Å²) in [5.41, 5.74) is -1.26. The highest BCUT2D eigenvalue weighted by Crippen LogP contribution is 2.32. The average Bonchev–Trinajstić information content (AvgIpc) is 2.69. The molecule has 0 aliphatic carbocycles. The first-order valence-corrected chi connectivity index (χ1v) is 9.55. The summed E-state index contributed by atoms with van der Waals surface area (Å²) >= 11 is 0. The van der Waals surface area contributed by atoms with E-state index < -0.39 is 35.5 Å². The van der Waals surface area contributed by atoms with Crippen LogP contribution in [0.2, 0.25) is 0 Å². The quantitative estimate of drug-likeness (QED) is 0.612. The Morgan fingerprint density at radius 1 is 1.16 bits per heavy atom. The number of ether oxygens (including phenoxy) is 2. The van der Waals surface area contributed by atoms with Crippen LogP contribution in [0.1, 0.15) is 50.1 Å². The van der Waals surface area contributed by atoms with Crippen LogP contribution in [0, 0.1) is 11.3 Å². The van der Waals surface area contributed by atoms with Gasteiger partial charge in [0, 0.05) is 20.0 Å². The topological polar surface area (TPSA) is 75.5 Å². The molecule has 0 unspecified atom stereocenters. The lowest BCUT2D eigenvalue weighted by atomic mass is 10.1. The predicted octanol–water partition coefficient (Wildman–Crippen LogP) is 5.35. The van der Waals surface area contributed by atoms with E-state index in [1.807, 2.05) is 0 Å². The second kappa shape index (κ2) is 9.69. The molecule has 0 spiro atoms. The average molecular weight is 435 g/mol. The molecular formula is C22H24F3N3O3. The summed E-state index contributed by atoms with van der Waals surface area (Å²) in [6.45, 7) is 5.45. The molecule has 0 aliphatic rings. The van der Waals surface area contributed by atoms with E-state index in [-0.39, 0.29) is 18.5 Å². The maximum atomic E-state index is 13.1. The lowest BCUT2D eigenvalue weighted by Gasteiger charge is -2.26. The fraction of sp³-hybridized carbons (Fsp3) is 0.409. The van der Waals surface area contributed by atoms with Crippen molar-refractivity contribution in [1.82, 2.24) is 9.88 Å². The molecule has 1 atom stereocenters. The third-order valence-corrected chi connectivity index (χ3v) is 4.13. The van der Waals surface area contributed by atoms with Crippen LogP contribution in [0.3, 0.4) is 0 Å². The van der Waals surface area contributed by atoms with Crippen molar-refractivity contribution in [2.45, 2.75) is 45.1 Å². The van der Waals surface area contributed by atoms with Gasteiger partial charge in [0.1, 0.15) is 29.0 Å². The largest absolute Gasteiger partial charge is 0.468 e. The summed E-state index contributed by atoms with van der Waals surface area (Å²) in [7, 11) is 1.55. The Labute approximate surface area is 179 Å². The lowest BCUT2D eigenvalue weighted by molar-refractivity contribution is -0.141. The molecular weight excluding hydrogens is 411 g/mol. The molecule has 2 rings (SSSR count). The van der Waals surface area contributed by atoms with Crippen molar-refractivity contribution in [3.05, 3.63) is 59.3 Å². The van der Waals surface area contributed by atoms with E-state index >= 15 is 0 Å². The number of aromatic nitrogens is 1. The van der Waals surface area contributed by atoms with Crippen LogP contribution in [-0.2, 0) is 10.9 Å². The monoisotopic (exact) mass is 435 g/mol. The maximum Gasteiger partial charge on any atom is 0.433 e. The third-order valence-electron chi connectivity index (χ3n) is 4.13. The van der Waals surface area contributed by atoms with Crippen molar-refractivity contribution in [3.63, 3.8) is 0 Å². The minimum absolute atomic E-state index is 0.116. The molecule has 0 fully saturated rings. The van der Waals surface area contributed by atoms with Crippen molar-refractivity contribution in [1.29, 1.82) is 5.26 Å². The number of halogens is 3. The minimum Gasteiger partial charge on any atom is -0.468 e. The van der Waals surface area contributed by atoms with Gasteiger partial charge < -0.3 is 14.4 Å². The SMILES string of the molecule is CN(CC[C@@H](Oc1nc(C(F)(F)F)ccc1C#N)c1ccccc1)C(=O)OC(C)(C)C. The molecule has 0 saturated heterocycles. The van der Waals surface area contributed by atoms with E-state index in [1.165, 1.54) is 4.90 Å². The molecule has 2 aromatic rings. The summed E-state index contributed by atoms with van der Waals surface area (Å²) in [6, 6.07) is 12.4. The fourth-order valence-electron chi connectivity index (χ4n) is 2.61. The van der Waals surface area contributed by atoms with Crippen LogP contribution < -0.4 is 4.74 Å². The normalized spacial score (nSPS) is 12.6. The first-order chi connectivity index (χ1) is 14.4. The second-order valence-electron chi connectivity index (χ2n) is 7.87. The van der Waals surface area contributed by atoms with Gasteiger partial charge in [-0.3, -0.25) is 0 Å². The molecule has 6 nitrogen and oxygen atoms in total. The van der Waals surface area contributed by atoms with Gasteiger partial charge in [-0.15, -0.1) is 0 Å². The summed E-state index contributed by atoms with van der Waals surface area (Å²) in [5.74, 6) is -0.411. The smallest absolute Gasteiger partial charge is 0.433 e. The fourth-order valence-corrected chi connectivity index (χ4v) is 2.61. The number of nitrogens with zero attached hydrogens (tertiary/aromatic N) is 3. The number of rotatable bonds is 6. The van der Waals surface area contributed by atoms with Crippen molar-refractivity contribution in [2.24, 2.45) is 0 Å². The highest BCUT2D eigenvalue weighted by Gasteiger charge is 2.34. The van der Waals surface area contributed by atoms with Gasteiger partial charge in [0.05, 0.1) is 0 Å². The summed E-state index contributed by atoms with van der Waals surface area (Å²) in [4.78, 5) is 17.1. The Hall–Kier alpha value is -3.28. The molecule has 1 amide bonds. The molecule has 1 aromatic heterocycles. The van der Waals surface area contributed by atoms with Crippen molar-refractivity contribution in [3.8, 4) is 11.9 Å². The summed E-state index contributed by atoms with van der Waals surface area (Å²) in [6.07, 6.45) is -5.71. The van der Waals surface area contributed by atoms with Crippen LogP contribution in [0.4, 0.5) is 18.0 Å². The standard InChI is InChI=1S/C22H24F3N3O3/c1-21(2,3)31-20(29)28(4)13-12-17(15-8-6-5-7-9-15)30-19-16(14-26)10-11-18(27-19)22(23,24)25/h5-11,17H,12-13H2,1-4H3/t17-/m1/s1. The molecule has 9 heteroatoms. The number of carbonyl (C=O) groups is 1. The highest BCUT2D eigenvalue weighted by molar-refractivity contribution is 5.67. The zero-order valence-electron chi connectivity index (χ0n) is 17.7. The molecule has 0 bridgehead atoms. The number of carbonyl (C=O) groups excluding carboxylic acids is 1. The maximum absolute atomic E-state index is 13.1. The number of amides is 1. The third kappa shape index (κ3) is 7.17. The van der Waals surface area contributed by atoms with Gasteiger partial charge in [-0.2, -0.15) is 18.4 Å². The predicted molar refractivity (Wildman–Crippen MR) is 107 cm³/mol. The minimum atomic E-state index is -4.68. The molecule has 1 aromatic carbocycles. The van der Waals surface area contributed by atoms with Crippen LogP contribution >= 0.6 is 0 Å². The number of nitriles is 1. The molecule has 31 heavy (non-hydrogen) atoms. The van der Waals surface area contributed by atoms with Crippen LogP contribution in [0.5, 0.6) is 5.88 Å². The van der Waals surface area contributed by atoms with Crippen molar-refractivity contribution >= 4 is 6.09 Å². The first-order valence-electron chi connectivity index (χ1n) is 9.55. The van der Waals surface area contributed by atoms with Gasteiger partial charge in [-0.25, -0.2) is 9.78 Å². The first kappa shape index (κ1) is 24.0. The Balaban J connectivity index is 2.26. The number of alkyl halides is 3. The number of hydrogen-bond acceptors (Lipinski definition) is 5. The van der Waals surface area contributed by atoms with Gasteiger partial charge in [-0.1, -0.05) is 30.3 Å². The van der Waals surface area contributed by atoms with E-state index in [4.69, 9.17) is 9.47 Å². The van der Waals surface area contributed by atoms with E-state index in [9.17, 15) is 23.2 Å². The van der Waals surface area contributed by atoms with Gasteiger partial charge in [0.15, 0.2) is 0 Å². The highest BCUT2D eigenvalue weighted by atomic mass is 19.4. The number of benzene rings is 1. The van der Waals surface area contributed by atoms with E-state index in [2.05, 4.69) is 4.98 Å². The van der Waals surface area contributed by atoms with E-state index in [1.54, 1.807) is 64.2 Å². The number of pyridine rings is 1. The Morgan fingerprint density at radius 3 is 2.35 bits per heavy atom. The molecule has 166 valence electrons. The van der Waals surface area contributed by atoms with Gasteiger partial charge >= 0.3 is 12.3 Å². The molecule has 1 heterocycles.